The minimum absolute atomic E-state index is 0.0462. The molecule has 1 unspecified atom stereocenters. The first-order valence-electron chi connectivity index (χ1n) is 5.98. The molecular formula is C11H18N2O3S. The number of amides is 1. The van der Waals surface area contributed by atoms with Gasteiger partial charge in [-0.05, 0) is 18.8 Å². The van der Waals surface area contributed by atoms with E-state index < -0.39 is 12.0 Å². The van der Waals surface area contributed by atoms with E-state index >= 15 is 0 Å². The molecule has 2 rings (SSSR count). The van der Waals surface area contributed by atoms with Gasteiger partial charge in [0.2, 0.25) is 5.91 Å². The molecule has 1 amide bonds. The molecule has 6 heteroatoms. The second-order valence-electron chi connectivity index (χ2n) is 4.65. The molecule has 2 N–H and O–H groups in total. The Morgan fingerprint density at radius 2 is 2.18 bits per heavy atom. The summed E-state index contributed by atoms with van der Waals surface area (Å²) in [6.07, 6.45) is 2.41. The molecule has 1 aliphatic carbocycles. The number of carboxylic acids is 1. The van der Waals surface area contributed by atoms with Crippen LogP contribution in [0.25, 0.3) is 0 Å². The summed E-state index contributed by atoms with van der Waals surface area (Å²) in [6, 6.07) is -0.513. The first-order valence-corrected chi connectivity index (χ1v) is 7.13. The van der Waals surface area contributed by atoms with Gasteiger partial charge in [0.15, 0.2) is 0 Å². The zero-order valence-electron chi connectivity index (χ0n) is 9.72. The molecule has 0 spiro atoms. The van der Waals surface area contributed by atoms with Crippen LogP contribution in [0.2, 0.25) is 0 Å². The molecule has 96 valence electrons. The fourth-order valence-corrected chi connectivity index (χ4v) is 2.98. The molecular weight excluding hydrogens is 240 g/mol. The maximum atomic E-state index is 11.7. The topological polar surface area (TPSA) is 69.6 Å². The van der Waals surface area contributed by atoms with Crippen LogP contribution >= 0.6 is 11.8 Å². The van der Waals surface area contributed by atoms with E-state index in [0.717, 1.165) is 12.3 Å². The molecule has 5 nitrogen and oxygen atoms in total. The Morgan fingerprint density at radius 3 is 2.82 bits per heavy atom. The highest BCUT2D eigenvalue weighted by atomic mass is 32.2. The van der Waals surface area contributed by atoms with Gasteiger partial charge in [-0.3, -0.25) is 14.5 Å². The number of thioether (sulfide) groups is 1. The Balaban J connectivity index is 1.77. The van der Waals surface area contributed by atoms with Crippen LogP contribution in [0.3, 0.4) is 0 Å². The first kappa shape index (κ1) is 12.7. The van der Waals surface area contributed by atoms with E-state index in [2.05, 4.69) is 5.32 Å². The molecule has 1 heterocycles. The zero-order chi connectivity index (χ0) is 12.3. The molecule has 1 saturated carbocycles. The van der Waals surface area contributed by atoms with Crippen molar-refractivity contribution in [2.75, 3.05) is 31.1 Å². The number of aliphatic carboxylic acids is 1. The maximum absolute atomic E-state index is 11.7. The molecule has 1 aliphatic heterocycles. The summed E-state index contributed by atoms with van der Waals surface area (Å²) in [5.74, 6) is 1.26. The number of carbonyl (C=O) groups excluding carboxylic acids is 1. The molecule has 2 fully saturated rings. The SMILES string of the molecule is O=C(CN1CCSCC1C(=O)O)NCC1CC1. The number of nitrogens with zero attached hydrogens (tertiary/aromatic N) is 1. The van der Waals surface area contributed by atoms with Crippen molar-refractivity contribution < 1.29 is 14.7 Å². The van der Waals surface area contributed by atoms with Crippen LogP contribution in [0.1, 0.15) is 12.8 Å². The van der Waals surface area contributed by atoms with Crippen molar-refractivity contribution >= 4 is 23.6 Å². The van der Waals surface area contributed by atoms with Gasteiger partial charge in [0.1, 0.15) is 6.04 Å². The van der Waals surface area contributed by atoms with E-state index in [0.29, 0.717) is 18.2 Å². The number of hydrogen-bond donors (Lipinski definition) is 2. The van der Waals surface area contributed by atoms with Gasteiger partial charge in [-0.15, -0.1) is 0 Å². The predicted octanol–water partition coefficient (Wildman–Crippen LogP) is 0.0146. The Kier molecular flexibility index (Phi) is 4.28. The summed E-state index contributed by atoms with van der Waals surface area (Å²) in [5.41, 5.74) is 0. The van der Waals surface area contributed by atoms with Crippen LogP contribution in [0.4, 0.5) is 0 Å². The Hall–Kier alpha value is -0.750. The smallest absolute Gasteiger partial charge is 0.321 e. The van der Waals surface area contributed by atoms with Crippen molar-refractivity contribution in [2.24, 2.45) is 5.92 Å². The summed E-state index contributed by atoms with van der Waals surface area (Å²) in [5, 5.41) is 11.9. The second kappa shape index (κ2) is 5.73. The normalized spacial score (nSPS) is 25.5. The van der Waals surface area contributed by atoms with Crippen molar-refractivity contribution in [3.05, 3.63) is 0 Å². The van der Waals surface area contributed by atoms with Crippen molar-refractivity contribution in [3.8, 4) is 0 Å². The summed E-state index contributed by atoms with van der Waals surface area (Å²) < 4.78 is 0. The minimum Gasteiger partial charge on any atom is -0.480 e. The quantitative estimate of drug-likeness (QED) is 0.727. The molecule has 0 aromatic rings. The van der Waals surface area contributed by atoms with Crippen LogP contribution in [0, 0.1) is 5.92 Å². The Morgan fingerprint density at radius 1 is 1.41 bits per heavy atom. The first-order chi connectivity index (χ1) is 8.16. The van der Waals surface area contributed by atoms with Crippen LogP contribution < -0.4 is 5.32 Å². The highest BCUT2D eigenvalue weighted by Crippen LogP contribution is 2.27. The molecule has 1 atom stereocenters. The average molecular weight is 258 g/mol. The third-order valence-electron chi connectivity index (χ3n) is 3.16. The molecule has 1 saturated heterocycles. The lowest BCUT2D eigenvalue weighted by molar-refractivity contribution is -0.143. The van der Waals surface area contributed by atoms with Gasteiger partial charge >= 0.3 is 5.97 Å². The molecule has 17 heavy (non-hydrogen) atoms. The summed E-state index contributed by atoms with van der Waals surface area (Å²) in [7, 11) is 0. The monoisotopic (exact) mass is 258 g/mol. The number of carboxylic acid groups (broad SMARTS) is 1. The fraction of sp³-hybridized carbons (Fsp3) is 0.818. The van der Waals surface area contributed by atoms with Gasteiger partial charge in [-0.25, -0.2) is 0 Å². The van der Waals surface area contributed by atoms with E-state index in [9.17, 15) is 9.59 Å². The van der Waals surface area contributed by atoms with E-state index in [1.807, 2.05) is 0 Å². The van der Waals surface area contributed by atoms with Gasteiger partial charge < -0.3 is 10.4 Å². The van der Waals surface area contributed by atoms with E-state index in [1.54, 1.807) is 16.7 Å². The van der Waals surface area contributed by atoms with E-state index in [4.69, 9.17) is 5.11 Å². The van der Waals surface area contributed by atoms with Gasteiger partial charge in [-0.2, -0.15) is 11.8 Å². The highest BCUT2D eigenvalue weighted by molar-refractivity contribution is 7.99. The van der Waals surface area contributed by atoms with Gasteiger partial charge in [0.05, 0.1) is 6.54 Å². The van der Waals surface area contributed by atoms with Gasteiger partial charge in [-0.1, -0.05) is 0 Å². The summed E-state index contributed by atoms with van der Waals surface area (Å²) in [6.45, 7) is 1.64. The molecule has 2 aliphatic rings. The van der Waals surface area contributed by atoms with Crippen LogP contribution in [-0.4, -0.2) is 59.1 Å². The third-order valence-corrected chi connectivity index (χ3v) is 4.18. The molecule has 0 radical (unpaired) electrons. The fourth-order valence-electron chi connectivity index (χ4n) is 1.88. The lowest BCUT2D eigenvalue weighted by Crippen LogP contribution is -2.51. The standard InChI is InChI=1S/C11H18N2O3S/c14-10(12-5-8-1-2-8)6-13-3-4-17-7-9(13)11(15)16/h8-9H,1-7H2,(H,12,14)(H,15,16). The van der Waals surface area contributed by atoms with E-state index in [1.165, 1.54) is 12.8 Å². The van der Waals surface area contributed by atoms with Gasteiger partial charge in [0.25, 0.3) is 0 Å². The lowest BCUT2D eigenvalue weighted by atomic mass is 10.2. The zero-order valence-corrected chi connectivity index (χ0v) is 10.5. The number of rotatable bonds is 5. The summed E-state index contributed by atoms with van der Waals surface area (Å²) >= 11 is 1.64. The average Bonchev–Trinajstić information content (AvgIpc) is 3.10. The summed E-state index contributed by atoms with van der Waals surface area (Å²) in [4.78, 5) is 24.5. The third kappa shape index (κ3) is 3.89. The van der Waals surface area contributed by atoms with Crippen molar-refractivity contribution in [1.29, 1.82) is 0 Å². The maximum Gasteiger partial charge on any atom is 0.321 e. The van der Waals surface area contributed by atoms with Crippen molar-refractivity contribution in [1.82, 2.24) is 10.2 Å². The van der Waals surface area contributed by atoms with Gasteiger partial charge in [0, 0.05) is 24.6 Å². The number of carbonyl (C=O) groups is 2. The highest BCUT2D eigenvalue weighted by Gasteiger charge is 2.30. The van der Waals surface area contributed by atoms with E-state index in [-0.39, 0.29) is 12.5 Å². The largest absolute Gasteiger partial charge is 0.480 e. The predicted molar refractivity (Wildman–Crippen MR) is 66.1 cm³/mol. The molecule has 0 aromatic carbocycles. The van der Waals surface area contributed by atoms with Crippen LogP contribution in [0.15, 0.2) is 0 Å². The molecule has 0 aromatic heterocycles. The number of hydrogen-bond acceptors (Lipinski definition) is 4. The van der Waals surface area contributed by atoms with Crippen LogP contribution in [-0.2, 0) is 9.59 Å². The lowest BCUT2D eigenvalue weighted by Gasteiger charge is -2.31. The second-order valence-corrected chi connectivity index (χ2v) is 5.80. The number of nitrogens with one attached hydrogen (secondary N) is 1. The Bertz CT molecular complexity index is 307. The minimum atomic E-state index is -0.827. The van der Waals surface area contributed by atoms with Crippen LogP contribution in [0.5, 0.6) is 0 Å². The Labute approximate surface area is 105 Å². The van der Waals surface area contributed by atoms with Crippen molar-refractivity contribution in [3.63, 3.8) is 0 Å². The molecule has 0 bridgehead atoms. The van der Waals surface area contributed by atoms with Crippen molar-refractivity contribution in [2.45, 2.75) is 18.9 Å².